The number of nitrogen functional groups attached to an aromatic ring is 1. The maximum absolute atomic E-state index is 5.52. The molecule has 0 saturated carbocycles. The molecule has 0 saturated heterocycles. The monoisotopic (exact) mass is 208 g/mol. The van der Waals surface area contributed by atoms with Gasteiger partial charge in [-0.15, -0.1) is 11.3 Å². The van der Waals surface area contributed by atoms with Crippen molar-refractivity contribution in [3.8, 4) is 0 Å². The van der Waals surface area contributed by atoms with Crippen LogP contribution in [0.25, 0.3) is 0 Å². The van der Waals surface area contributed by atoms with Crippen LogP contribution in [0.2, 0.25) is 0 Å². The van der Waals surface area contributed by atoms with Gasteiger partial charge in [0, 0.05) is 11.1 Å². The lowest BCUT2D eigenvalue weighted by atomic mass is 10.4. The standard InChI is InChI=1S/C9H12N4S/c1-6-7(2)14-9(11-6)5-13-4-3-8(10)12-13/h3-4H,5H2,1-2H3,(H2,10,12). The second-order valence-electron chi connectivity index (χ2n) is 3.19. The molecule has 14 heavy (non-hydrogen) atoms. The molecule has 2 heterocycles. The number of aryl methyl sites for hydroxylation is 2. The lowest BCUT2D eigenvalue weighted by molar-refractivity contribution is 0.685. The molecule has 4 nitrogen and oxygen atoms in total. The van der Waals surface area contributed by atoms with E-state index in [0.717, 1.165) is 10.7 Å². The summed E-state index contributed by atoms with van der Waals surface area (Å²) in [5.74, 6) is 0.551. The minimum Gasteiger partial charge on any atom is -0.382 e. The third kappa shape index (κ3) is 1.77. The van der Waals surface area contributed by atoms with Gasteiger partial charge in [0.25, 0.3) is 0 Å². The molecule has 2 aromatic heterocycles. The maximum atomic E-state index is 5.52. The van der Waals surface area contributed by atoms with E-state index in [1.54, 1.807) is 22.1 Å². The van der Waals surface area contributed by atoms with Crippen LogP contribution in [0.15, 0.2) is 12.3 Å². The quantitative estimate of drug-likeness (QED) is 0.815. The molecule has 0 aliphatic rings. The van der Waals surface area contributed by atoms with Crippen LogP contribution in [-0.2, 0) is 6.54 Å². The minimum absolute atomic E-state index is 0.551. The van der Waals surface area contributed by atoms with Crippen LogP contribution in [0.1, 0.15) is 15.6 Å². The maximum Gasteiger partial charge on any atom is 0.145 e. The molecule has 0 unspecified atom stereocenters. The Balaban J connectivity index is 2.18. The van der Waals surface area contributed by atoms with Gasteiger partial charge in [-0.25, -0.2) is 4.98 Å². The highest BCUT2D eigenvalue weighted by Gasteiger charge is 2.04. The smallest absolute Gasteiger partial charge is 0.145 e. The van der Waals surface area contributed by atoms with Crippen LogP contribution in [0.4, 0.5) is 5.82 Å². The van der Waals surface area contributed by atoms with Gasteiger partial charge in [-0.1, -0.05) is 0 Å². The van der Waals surface area contributed by atoms with Crippen LogP contribution in [-0.4, -0.2) is 14.8 Å². The van der Waals surface area contributed by atoms with E-state index in [9.17, 15) is 0 Å². The van der Waals surface area contributed by atoms with Crippen molar-refractivity contribution in [2.75, 3.05) is 5.73 Å². The highest BCUT2D eigenvalue weighted by Crippen LogP contribution is 2.17. The predicted octanol–water partition coefficient (Wildman–Crippen LogP) is 1.59. The molecule has 2 rings (SSSR count). The molecule has 0 aromatic carbocycles. The van der Waals surface area contributed by atoms with E-state index in [1.165, 1.54) is 4.88 Å². The van der Waals surface area contributed by atoms with E-state index in [1.807, 2.05) is 13.1 Å². The van der Waals surface area contributed by atoms with Gasteiger partial charge in [-0.2, -0.15) is 5.10 Å². The lowest BCUT2D eigenvalue weighted by Crippen LogP contribution is -2.00. The van der Waals surface area contributed by atoms with Crippen molar-refractivity contribution in [1.82, 2.24) is 14.8 Å². The molecule has 74 valence electrons. The SMILES string of the molecule is Cc1nc(Cn2ccc(N)n2)sc1C. The topological polar surface area (TPSA) is 56.7 Å². The summed E-state index contributed by atoms with van der Waals surface area (Å²) in [4.78, 5) is 5.70. The van der Waals surface area contributed by atoms with E-state index in [4.69, 9.17) is 5.73 Å². The van der Waals surface area contributed by atoms with Gasteiger partial charge in [0.1, 0.15) is 10.8 Å². The molecule has 0 aliphatic carbocycles. The van der Waals surface area contributed by atoms with Crippen LogP contribution in [0.5, 0.6) is 0 Å². The fourth-order valence-corrected chi connectivity index (χ4v) is 2.14. The molecule has 0 amide bonds. The Morgan fingerprint density at radius 1 is 1.50 bits per heavy atom. The minimum atomic E-state index is 0.551. The Kier molecular flexibility index (Phi) is 2.25. The normalized spacial score (nSPS) is 10.7. The number of rotatable bonds is 2. The van der Waals surface area contributed by atoms with E-state index < -0.39 is 0 Å². The van der Waals surface area contributed by atoms with Crippen LogP contribution < -0.4 is 5.73 Å². The summed E-state index contributed by atoms with van der Waals surface area (Å²) in [5.41, 5.74) is 6.62. The summed E-state index contributed by atoms with van der Waals surface area (Å²) in [6.45, 7) is 4.80. The molecular formula is C9H12N4S. The zero-order valence-electron chi connectivity index (χ0n) is 8.19. The van der Waals surface area contributed by atoms with E-state index in [0.29, 0.717) is 12.4 Å². The Morgan fingerprint density at radius 3 is 2.79 bits per heavy atom. The highest BCUT2D eigenvalue weighted by molar-refractivity contribution is 7.11. The first-order valence-electron chi connectivity index (χ1n) is 4.37. The number of hydrogen-bond donors (Lipinski definition) is 1. The van der Waals surface area contributed by atoms with Crippen LogP contribution in [0.3, 0.4) is 0 Å². The average molecular weight is 208 g/mol. The van der Waals surface area contributed by atoms with Crippen molar-refractivity contribution in [3.05, 3.63) is 27.8 Å². The van der Waals surface area contributed by atoms with Gasteiger partial charge < -0.3 is 5.73 Å². The number of aromatic nitrogens is 3. The van der Waals surface area contributed by atoms with Gasteiger partial charge in [-0.05, 0) is 19.9 Å². The summed E-state index contributed by atoms with van der Waals surface area (Å²) in [7, 11) is 0. The third-order valence-electron chi connectivity index (χ3n) is 2.03. The van der Waals surface area contributed by atoms with Crippen molar-refractivity contribution >= 4 is 17.2 Å². The van der Waals surface area contributed by atoms with Gasteiger partial charge in [-0.3, -0.25) is 4.68 Å². The first-order valence-corrected chi connectivity index (χ1v) is 5.18. The van der Waals surface area contributed by atoms with Gasteiger partial charge in [0.15, 0.2) is 0 Å². The molecule has 0 radical (unpaired) electrons. The summed E-state index contributed by atoms with van der Waals surface area (Å²) >= 11 is 1.71. The molecule has 2 aromatic rings. The Hall–Kier alpha value is -1.36. The fourth-order valence-electron chi connectivity index (χ4n) is 1.21. The highest BCUT2D eigenvalue weighted by atomic mass is 32.1. The number of hydrogen-bond acceptors (Lipinski definition) is 4. The summed E-state index contributed by atoms with van der Waals surface area (Å²) < 4.78 is 1.80. The second-order valence-corrected chi connectivity index (χ2v) is 4.48. The predicted molar refractivity (Wildman–Crippen MR) is 57.3 cm³/mol. The molecule has 2 N–H and O–H groups in total. The lowest BCUT2D eigenvalue weighted by Gasteiger charge is -1.95. The van der Waals surface area contributed by atoms with Crippen LogP contribution in [0, 0.1) is 13.8 Å². The van der Waals surface area contributed by atoms with Crippen LogP contribution >= 0.6 is 11.3 Å². The van der Waals surface area contributed by atoms with Gasteiger partial charge in [0.05, 0.1) is 12.2 Å². The Morgan fingerprint density at radius 2 is 2.29 bits per heavy atom. The number of nitrogens with two attached hydrogens (primary N) is 1. The average Bonchev–Trinajstić information content (AvgIpc) is 2.62. The van der Waals surface area contributed by atoms with Crippen molar-refractivity contribution in [2.45, 2.75) is 20.4 Å². The molecule has 0 bridgehead atoms. The second kappa shape index (κ2) is 3.42. The molecule has 0 fully saturated rings. The summed E-state index contributed by atoms with van der Waals surface area (Å²) in [6.07, 6.45) is 1.86. The van der Waals surface area contributed by atoms with E-state index in [-0.39, 0.29) is 0 Å². The number of anilines is 1. The zero-order chi connectivity index (χ0) is 10.1. The van der Waals surface area contributed by atoms with Gasteiger partial charge >= 0.3 is 0 Å². The molecule has 5 heteroatoms. The fraction of sp³-hybridized carbons (Fsp3) is 0.333. The first-order chi connectivity index (χ1) is 6.65. The van der Waals surface area contributed by atoms with Crippen molar-refractivity contribution in [3.63, 3.8) is 0 Å². The Bertz CT molecular complexity index is 424. The Labute approximate surface area is 86.4 Å². The zero-order valence-corrected chi connectivity index (χ0v) is 9.01. The third-order valence-corrected chi connectivity index (χ3v) is 3.09. The largest absolute Gasteiger partial charge is 0.382 e. The first kappa shape index (κ1) is 9.21. The summed E-state index contributed by atoms with van der Waals surface area (Å²) in [5, 5.41) is 5.18. The molecule has 0 spiro atoms. The summed E-state index contributed by atoms with van der Waals surface area (Å²) in [6, 6.07) is 1.79. The van der Waals surface area contributed by atoms with E-state index in [2.05, 4.69) is 17.0 Å². The van der Waals surface area contributed by atoms with Crippen molar-refractivity contribution < 1.29 is 0 Å². The molecular weight excluding hydrogens is 196 g/mol. The van der Waals surface area contributed by atoms with Gasteiger partial charge in [0.2, 0.25) is 0 Å². The molecule has 0 aliphatic heterocycles. The van der Waals surface area contributed by atoms with E-state index >= 15 is 0 Å². The number of nitrogens with zero attached hydrogens (tertiary/aromatic N) is 3. The number of thiazole rings is 1. The van der Waals surface area contributed by atoms with Crippen molar-refractivity contribution in [2.24, 2.45) is 0 Å². The molecule has 0 atom stereocenters. The van der Waals surface area contributed by atoms with Crippen molar-refractivity contribution in [1.29, 1.82) is 0 Å².